The number of hydrogen-bond donors (Lipinski definition) is 1. The normalized spacial score (nSPS) is 16.1. The number of allylic oxidation sites excluding steroid dienone is 1. The zero-order valence-electron chi connectivity index (χ0n) is 18.5. The number of carbonyl (C=O) groups excluding carboxylic acids is 1. The van der Waals surface area contributed by atoms with E-state index in [1.165, 1.54) is 13.2 Å². The Morgan fingerprint density at radius 3 is 2.44 bits per heavy atom. The van der Waals surface area contributed by atoms with Crippen LogP contribution < -0.4 is 14.8 Å². The summed E-state index contributed by atoms with van der Waals surface area (Å²) < 4.78 is 11.2. The molecular formula is C23H25N3O5S. The Labute approximate surface area is 192 Å². The summed E-state index contributed by atoms with van der Waals surface area (Å²) in [5.74, 6) is 0.339. The van der Waals surface area contributed by atoms with Gasteiger partial charge in [-0.2, -0.15) is 0 Å². The quantitative estimate of drug-likeness (QED) is 0.284. The molecule has 0 aromatic heterocycles. The van der Waals surface area contributed by atoms with E-state index >= 15 is 0 Å². The molecule has 0 amide bonds. The summed E-state index contributed by atoms with van der Waals surface area (Å²) in [6.45, 7) is 5.47. The van der Waals surface area contributed by atoms with E-state index in [-0.39, 0.29) is 28.9 Å². The number of ether oxygens (including phenoxy) is 2. The van der Waals surface area contributed by atoms with E-state index in [9.17, 15) is 14.9 Å². The lowest BCUT2D eigenvalue weighted by Gasteiger charge is -2.35. The van der Waals surface area contributed by atoms with E-state index in [0.29, 0.717) is 27.7 Å². The Morgan fingerprint density at radius 1 is 1.22 bits per heavy atom. The fourth-order valence-electron chi connectivity index (χ4n) is 3.57. The van der Waals surface area contributed by atoms with Crippen molar-refractivity contribution >= 4 is 28.8 Å². The fourth-order valence-corrected chi connectivity index (χ4v) is 3.82. The number of hydrogen-bond acceptors (Lipinski definition) is 6. The van der Waals surface area contributed by atoms with Crippen LogP contribution in [-0.2, 0) is 0 Å². The molecule has 1 heterocycles. The van der Waals surface area contributed by atoms with Crippen molar-refractivity contribution < 1.29 is 19.2 Å². The van der Waals surface area contributed by atoms with E-state index in [1.807, 2.05) is 19.9 Å². The van der Waals surface area contributed by atoms with Crippen LogP contribution in [0.25, 0.3) is 0 Å². The molecule has 9 heteroatoms. The van der Waals surface area contributed by atoms with Crippen LogP contribution in [0.3, 0.4) is 0 Å². The number of rotatable bonds is 7. The monoisotopic (exact) mass is 455 g/mol. The second-order valence-electron chi connectivity index (χ2n) is 7.62. The minimum Gasteiger partial charge on any atom is -0.493 e. The zero-order valence-corrected chi connectivity index (χ0v) is 19.4. The molecule has 2 aromatic carbocycles. The second-order valence-corrected chi connectivity index (χ2v) is 8.01. The molecule has 1 aliphatic heterocycles. The van der Waals surface area contributed by atoms with Gasteiger partial charge in [0.2, 0.25) is 0 Å². The standard InChI is InChI=1S/C23H25N3O5S/c1-13(2)31-19-11-16(17(26(28)29)12-18(19)30-5)21-20(14(3)25(4)23(32)24-21)22(27)15-9-7-6-8-10-15/h6-13,21H,1-5H3,(H,24,32). The van der Waals surface area contributed by atoms with Crippen molar-refractivity contribution in [1.82, 2.24) is 10.2 Å². The molecule has 32 heavy (non-hydrogen) atoms. The van der Waals surface area contributed by atoms with Crippen molar-refractivity contribution in [2.75, 3.05) is 14.2 Å². The Bertz CT molecular complexity index is 1100. The number of carbonyl (C=O) groups is 1. The third-order valence-electron chi connectivity index (χ3n) is 5.22. The summed E-state index contributed by atoms with van der Waals surface area (Å²) in [5, 5.41) is 15.4. The largest absolute Gasteiger partial charge is 0.493 e. The average Bonchev–Trinajstić information content (AvgIpc) is 2.76. The predicted octanol–water partition coefficient (Wildman–Crippen LogP) is 4.41. The number of nitrogens with one attached hydrogen (secondary N) is 1. The third kappa shape index (κ3) is 4.43. The topological polar surface area (TPSA) is 93.9 Å². The lowest BCUT2D eigenvalue weighted by molar-refractivity contribution is -0.385. The molecule has 0 saturated heterocycles. The van der Waals surface area contributed by atoms with Gasteiger partial charge in [-0.25, -0.2) is 0 Å². The van der Waals surface area contributed by atoms with E-state index in [2.05, 4.69) is 5.32 Å². The molecule has 3 rings (SSSR count). The molecule has 1 atom stereocenters. The van der Waals surface area contributed by atoms with Crippen molar-refractivity contribution in [1.29, 1.82) is 0 Å². The summed E-state index contributed by atoms with van der Waals surface area (Å²) in [6.07, 6.45) is -0.188. The van der Waals surface area contributed by atoms with Crippen LogP contribution in [0.1, 0.15) is 42.7 Å². The number of Topliss-reactive ketones (excluding diaryl/α,β-unsaturated/α-hetero) is 1. The Morgan fingerprint density at radius 2 is 1.88 bits per heavy atom. The lowest BCUT2D eigenvalue weighted by atomic mass is 9.88. The van der Waals surface area contributed by atoms with Gasteiger partial charge >= 0.3 is 0 Å². The van der Waals surface area contributed by atoms with Crippen LogP contribution in [-0.4, -0.2) is 41.0 Å². The number of methoxy groups -OCH3 is 1. The second kappa shape index (κ2) is 9.35. The summed E-state index contributed by atoms with van der Waals surface area (Å²) >= 11 is 5.44. The average molecular weight is 456 g/mol. The Kier molecular flexibility index (Phi) is 6.78. The van der Waals surface area contributed by atoms with E-state index in [4.69, 9.17) is 21.7 Å². The van der Waals surface area contributed by atoms with Crippen LogP contribution in [0, 0.1) is 10.1 Å². The van der Waals surface area contributed by atoms with Gasteiger partial charge in [-0.15, -0.1) is 0 Å². The van der Waals surface area contributed by atoms with Crippen molar-refractivity contribution in [3.63, 3.8) is 0 Å². The van der Waals surface area contributed by atoms with Gasteiger partial charge in [-0.05, 0) is 39.1 Å². The molecule has 0 saturated carbocycles. The molecular weight excluding hydrogens is 430 g/mol. The fraction of sp³-hybridized carbons (Fsp3) is 0.304. The van der Waals surface area contributed by atoms with Gasteiger partial charge in [0, 0.05) is 23.9 Å². The number of benzene rings is 2. The minimum atomic E-state index is -0.841. The van der Waals surface area contributed by atoms with Crippen molar-refractivity contribution in [3.05, 3.63) is 75.0 Å². The SMILES string of the molecule is COc1cc([N+](=O)[O-])c(C2NC(=S)N(C)C(C)=C2C(=O)c2ccccc2)cc1OC(C)C. The summed E-state index contributed by atoms with van der Waals surface area (Å²) in [7, 11) is 3.16. The molecule has 168 valence electrons. The van der Waals surface area contributed by atoms with Crippen molar-refractivity contribution in [3.8, 4) is 11.5 Å². The third-order valence-corrected chi connectivity index (χ3v) is 5.61. The summed E-state index contributed by atoms with van der Waals surface area (Å²) in [4.78, 5) is 26.7. The Hall–Kier alpha value is -3.46. The molecule has 1 N–H and O–H groups in total. The molecule has 0 radical (unpaired) electrons. The number of nitrogens with zero attached hydrogens (tertiary/aromatic N) is 2. The maximum atomic E-state index is 13.5. The van der Waals surface area contributed by atoms with Crippen LogP contribution in [0.5, 0.6) is 11.5 Å². The van der Waals surface area contributed by atoms with Gasteiger partial charge < -0.3 is 19.7 Å². The molecule has 0 fully saturated rings. The highest BCUT2D eigenvalue weighted by molar-refractivity contribution is 7.80. The highest BCUT2D eigenvalue weighted by atomic mass is 32.1. The first kappa shape index (κ1) is 23.2. The lowest BCUT2D eigenvalue weighted by Crippen LogP contribution is -2.46. The molecule has 0 spiro atoms. The first-order valence-electron chi connectivity index (χ1n) is 10.0. The van der Waals surface area contributed by atoms with E-state index < -0.39 is 11.0 Å². The van der Waals surface area contributed by atoms with E-state index in [1.54, 1.807) is 49.2 Å². The molecule has 0 bridgehead atoms. The maximum Gasteiger partial charge on any atom is 0.279 e. The highest BCUT2D eigenvalue weighted by Gasteiger charge is 2.37. The van der Waals surface area contributed by atoms with Crippen molar-refractivity contribution in [2.24, 2.45) is 0 Å². The minimum absolute atomic E-state index is 0.188. The summed E-state index contributed by atoms with van der Waals surface area (Å²) in [6, 6.07) is 10.8. The van der Waals surface area contributed by atoms with Gasteiger partial charge in [0.05, 0.1) is 35.8 Å². The van der Waals surface area contributed by atoms with Crippen LogP contribution in [0.4, 0.5) is 5.69 Å². The predicted molar refractivity (Wildman–Crippen MR) is 125 cm³/mol. The van der Waals surface area contributed by atoms with Gasteiger partial charge in [-0.3, -0.25) is 14.9 Å². The van der Waals surface area contributed by atoms with Crippen molar-refractivity contribution in [2.45, 2.75) is 32.9 Å². The van der Waals surface area contributed by atoms with Crippen LogP contribution >= 0.6 is 12.2 Å². The van der Waals surface area contributed by atoms with E-state index in [0.717, 1.165) is 0 Å². The van der Waals surface area contributed by atoms with Crippen LogP contribution in [0.2, 0.25) is 0 Å². The van der Waals surface area contributed by atoms with Gasteiger partial charge in [0.1, 0.15) is 0 Å². The van der Waals surface area contributed by atoms with Gasteiger partial charge in [0.15, 0.2) is 22.4 Å². The smallest absolute Gasteiger partial charge is 0.279 e. The van der Waals surface area contributed by atoms with Gasteiger partial charge in [0.25, 0.3) is 5.69 Å². The molecule has 0 aliphatic carbocycles. The number of ketones is 1. The highest BCUT2D eigenvalue weighted by Crippen LogP contribution is 2.42. The Balaban J connectivity index is 2.26. The summed E-state index contributed by atoms with van der Waals surface area (Å²) in [5.41, 5.74) is 1.53. The number of thiocarbonyl (C=S) groups is 1. The van der Waals surface area contributed by atoms with Crippen LogP contribution in [0.15, 0.2) is 53.7 Å². The molecule has 8 nitrogen and oxygen atoms in total. The van der Waals surface area contributed by atoms with Gasteiger partial charge in [-0.1, -0.05) is 30.3 Å². The maximum absolute atomic E-state index is 13.5. The molecule has 1 aliphatic rings. The number of nitro benzene ring substituents is 1. The zero-order chi connectivity index (χ0) is 23.6. The number of nitro groups is 1. The first-order chi connectivity index (χ1) is 15.1. The molecule has 2 aromatic rings. The molecule has 1 unspecified atom stereocenters. The first-order valence-corrected chi connectivity index (χ1v) is 10.4.